The second kappa shape index (κ2) is 7.51. The van der Waals surface area contributed by atoms with Gasteiger partial charge in [-0.05, 0) is 35.3 Å². The fourth-order valence-corrected chi connectivity index (χ4v) is 3.98. The first-order valence-electron chi connectivity index (χ1n) is 9.27. The van der Waals surface area contributed by atoms with Crippen molar-refractivity contribution in [3.63, 3.8) is 0 Å². The minimum atomic E-state index is -0.911. The van der Waals surface area contributed by atoms with E-state index in [1.807, 2.05) is 6.07 Å². The highest BCUT2D eigenvalue weighted by Gasteiger charge is 2.36. The van der Waals surface area contributed by atoms with Crippen molar-refractivity contribution in [2.24, 2.45) is 11.8 Å². The van der Waals surface area contributed by atoms with Gasteiger partial charge in [-0.3, -0.25) is 9.59 Å². The van der Waals surface area contributed by atoms with Crippen LogP contribution in [0.25, 0.3) is 11.0 Å². The van der Waals surface area contributed by atoms with E-state index in [0.717, 1.165) is 31.6 Å². The normalized spacial score (nSPS) is 23.3. The summed E-state index contributed by atoms with van der Waals surface area (Å²) in [6, 6.07) is 3.65. The Hall–Kier alpha value is -2.68. The highest BCUT2D eigenvalue weighted by Crippen LogP contribution is 2.34. The summed E-state index contributed by atoms with van der Waals surface area (Å²) >= 11 is 0. The van der Waals surface area contributed by atoms with Crippen molar-refractivity contribution >= 4 is 34.3 Å². The first-order chi connectivity index (χ1) is 13.1. The quantitative estimate of drug-likeness (QED) is 0.833. The Labute approximate surface area is 155 Å². The Kier molecular flexibility index (Phi) is 4.93. The van der Waals surface area contributed by atoms with Gasteiger partial charge in [0.15, 0.2) is 11.0 Å². The first-order valence-corrected chi connectivity index (χ1v) is 9.27. The van der Waals surface area contributed by atoms with E-state index in [0.29, 0.717) is 42.8 Å². The Morgan fingerprint density at radius 1 is 1.07 bits per heavy atom. The van der Waals surface area contributed by atoms with Crippen LogP contribution in [0, 0.1) is 11.8 Å². The van der Waals surface area contributed by atoms with Crippen molar-refractivity contribution in [2.75, 3.05) is 36.5 Å². The maximum atomic E-state index is 12.8. The zero-order chi connectivity index (χ0) is 18.8. The number of carboxylic acids is 1. The number of amides is 1. The number of hydrogen-bond acceptors (Lipinski definition) is 7. The molecular weight excluding hydrogens is 352 g/mol. The van der Waals surface area contributed by atoms with E-state index in [4.69, 9.17) is 9.37 Å². The van der Waals surface area contributed by atoms with Crippen molar-refractivity contribution in [1.82, 2.24) is 10.3 Å². The summed E-state index contributed by atoms with van der Waals surface area (Å²) in [4.78, 5) is 26.4. The maximum Gasteiger partial charge on any atom is 0.307 e. The lowest BCUT2D eigenvalue weighted by Crippen LogP contribution is -2.36. The minimum Gasteiger partial charge on any atom is -0.481 e. The molecule has 9 heteroatoms. The van der Waals surface area contributed by atoms with Gasteiger partial charge in [0.25, 0.3) is 0 Å². The standard InChI is InChI=1S/C18H22N4O5/c23-17(11-3-1-2-4-12(11)18(24)25)19-13-5-6-14(16-15(13)20-27-21-16)22-7-9-26-10-8-22/h5-6,11-12H,1-4,7-10H2,(H,19,23)(H,24,25)/t11-,12-/m0/s1. The molecule has 9 nitrogen and oxygen atoms in total. The van der Waals surface area contributed by atoms with Crippen LogP contribution in [0.4, 0.5) is 11.4 Å². The van der Waals surface area contributed by atoms with E-state index in [9.17, 15) is 14.7 Å². The number of carbonyl (C=O) groups excluding carboxylic acids is 1. The molecule has 4 rings (SSSR count). The number of fused-ring (bicyclic) bond motifs is 1. The largest absolute Gasteiger partial charge is 0.481 e. The SMILES string of the molecule is O=C(O)[C@H]1CCCC[C@@H]1C(=O)Nc1ccc(N2CCOCC2)c2nonc12. The summed E-state index contributed by atoms with van der Waals surface area (Å²) < 4.78 is 10.3. The molecule has 2 aliphatic rings. The van der Waals surface area contributed by atoms with E-state index >= 15 is 0 Å². The number of anilines is 2. The van der Waals surface area contributed by atoms with Crippen LogP contribution < -0.4 is 10.2 Å². The molecule has 1 aromatic heterocycles. The number of carboxylic acid groups (broad SMARTS) is 1. The van der Waals surface area contributed by atoms with Crippen LogP contribution in [0.15, 0.2) is 16.8 Å². The zero-order valence-corrected chi connectivity index (χ0v) is 14.9. The number of morpholine rings is 1. The van der Waals surface area contributed by atoms with Gasteiger partial charge in [-0.2, -0.15) is 0 Å². The Bertz CT molecular complexity index is 845. The van der Waals surface area contributed by atoms with E-state index in [1.54, 1.807) is 6.07 Å². The number of aliphatic carboxylic acids is 1. The molecule has 144 valence electrons. The monoisotopic (exact) mass is 374 g/mol. The zero-order valence-electron chi connectivity index (χ0n) is 14.9. The number of carbonyl (C=O) groups is 2. The molecule has 1 aliphatic heterocycles. The van der Waals surface area contributed by atoms with Crippen molar-refractivity contribution in [3.05, 3.63) is 12.1 Å². The molecule has 1 saturated carbocycles. The molecule has 2 atom stereocenters. The number of aromatic nitrogens is 2. The minimum absolute atomic E-state index is 0.287. The predicted molar refractivity (Wildman–Crippen MR) is 96.5 cm³/mol. The molecule has 2 fully saturated rings. The molecule has 27 heavy (non-hydrogen) atoms. The molecule has 1 aromatic carbocycles. The lowest BCUT2D eigenvalue weighted by Gasteiger charge is -2.29. The molecule has 1 aliphatic carbocycles. The average Bonchev–Trinajstić information content (AvgIpc) is 3.19. The summed E-state index contributed by atoms with van der Waals surface area (Å²) in [5, 5.41) is 20.2. The third-order valence-corrected chi connectivity index (χ3v) is 5.42. The first kappa shape index (κ1) is 17.7. The number of ether oxygens (including phenoxy) is 1. The Morgan fingerprint density at radius 3 is 2.52 bits per heavy atom. The molecule has 1 saturated heterocycles. The summed E-state index contributed by atoms with van der Waals surface area (Å²) in [5.74, 6) is -2.38. The highest BCUT2D eigenvalue weighted by atomic mass is 16.6. The average molecular weight is 374 g/mol. The lowest BCUT2D eigenvalue weighted by molar-refractivity contribution is -0.147. The summed E-state index contributed by atoms with van der Waals surface area (Å²) in [5.41, 5.74) is 2.42. The summed E-state index contributed by atoms with van der Waals surface area (Å²) in [6.07, 6.45) is 2.81. The molecule has 2 heterocycles. The van der Waals surface area contributed by atoms with Crippen molar-refractivity contribution in [1.29, 1.82) is 0 Å². The van der Waals surface area contributed by atoms with E-state index in [2.05, 4.69) is 20.5 Å². The van der Waals surface area contributed by atoms with Crippen LogP contribution in [0.1, 0.15) is 25.7 Å². The lowest BCUT2D eigenvalue weighted by atomic mass is 9.78. The molecule has 2 N–H and O–H groups in total. The van der Waals surface area contributed by atoms with Gasteiger partial charge < -0.3 is 20.1 Å². The van der Waals surface area contributed by atoms with E-state index < -0.39 is 17.8 Å². The second-order valence-corrected chi connectivity index (χ2v) is 7.02. The smallest absolute Gasteiger partial charge is 0.307 e. The van der Waals surface area contributed by atoms with Gasteiger partial charge in [-0.15, -0.1) is 0 Å². The molecule has 0 bridgehead atoms. The second-order valence-electron chi connectivity index (χ2n) is 7.02. The van der Waals surface area contributed by atoms with Gasteiger partial charge in [0, 0.05) is 13.1 Å². The summed E-state index contributed by atoms with van der Waals surface area (Å²) in [6.45, 7) is 2.78. The topological polar surface area (TPSA) is 118 Å². The molecule has 1 amide bonds. The fraction of sp³-hybridized carbons (Fsp3) is 0.556. The predicted octanol–water partition coefficient (Wildman–Crippen LogP) is 1.89. The van der Waals surface area contributed by atoms with Crippen LogP contribution in [-0.2, 0) is 14.3 Å². The number of benzene rings is 1. The number of nitrogens with one attached hydrogen (secondary N) is 1. The molecular formula is C18H22N4O5. The van der Waals surface area contributed by atoms with Crippen LogP contribution in [0.3, 0.4) is 0 Å². The summed E-state index contributed by atoms with van der Waals surface area (Å²) in [7, 11) is 0. The third kappa shape index (κ3) is 3.46. The van der Waals surface area contributed by atoms with Gasteiger partial charge in [0.1, 0.15) is 0 Å². The van der Waals surface area contributed by atoms with Gasteiger partial charge in [-0.25, -0.2) is 4.63 Å². The van der Waals surface area contributed by atoms with Gasteiger partial charge in [-0.1, -0.05) is 12.8 Å². The Morgan fingerprint density at radius 2 is 1.78 bits per heavy atom. The molecule has 0 radical (unpaired) electrons. The van der Waals surface area contributed by atoms with Crippen LogP contribution >= 0.6 is 0 Å². The van der Waals surface area contributed by atoms with E-state index in [-0.39, 0.29) is 5.91 Å². The number of rotatable bonds is 4. The van der Waals surface area contributed by atoms with Crippen molar-refractivity contribution in [2.45, 2.75) is 25.7 Å². The van der Waals surface area contributed by atoms with Crippen molar-refractivity contribution < 1.29 is 24.1 Å². The van der Waals surface area contributed by atoms with Gasteiger partial charge >= 0.3 is 5.97 Å². The number of hydrogen-bond donors (Lipinski definition) is 2. The Balaban J connectivity index is 1.58. The van der Waals surface area contributed by atoms with Gasteiger partial charge in [0.05, 0.1) is 36.4 Å². The van der Waals surface area contributed by atoms with Crippen LogP contribution in [0.5, 0.6) is 0 Å². The molecule has 2 aromatic rings. The third-order valence-electron chi connectivity index (χ3n) is 5.42. The van der Waals surface area contributed by atoms with Crippen LogP contribution in [-0.4, -0.2) is 53.6 Å². The van der Waals surface area contributed by atoms with Crippen LogP contribution in [0.2, 0.25) is 0 Å². The number of nitrogens with zero attached hydrogens (tertiary/aromatic N) is 3. The molecule has 0 spiro atoms. The van der Waals surface area contributed by atoms with Gasteiger partial charge in [0.2, 0.25) is 5.91 Å². The fourth-order valence-electron chi connectivity index (χ4n) is 3.98. The van der Waals surface area contributed by atoms with Crippen molar-refractivity contribution in [3.8, 4) is 0 Å². The van der Waals surface area contributed by atoms with E-state index in [1.165, 1.54) is 0 Å². The highest BCUT2D eigenvalue weighted by molar-refractivity contribution is 6.04. The maximum absolute atomic E-state index is 12.8. The molecule has 0 unspecified atom stereocenters.